The maximum absolute atomic E-state index is 6.64. The maximum atomic E-state index is 6.64. The Balaban J connectivity index is 1.47. The zero-order valence-corrected chi connectivity index (χ0v) is 21.3. The average molecular weight is 506 g/mol. The molecule has 9 aromatic rings. The lowest BCUT2D eigenvalue weighted by Gasteiger charge is -2.33. The number of benzene rings is 6. The number of fused-ring (bicyclic) bond motifs is 15. The topological polar surface area (TPSA) is 23.0 Å². The van der Waals surface area contributed by atoms with Gasteiger partial charge in [-0.15, -0.1) is 0 Å². The molecule has 0 N–H and O–H groups in total. The molecular formula is C36H19BN2O. The third-order valence-electron chi connectivity index (χ3n) is 9.49. The van der Waals surface area contributed by atoms with Crippen LogP contribution in [0.15, 0.2) is 120 Å². The predicted molar refractivity (Wildman–Crippen MR) is 167 cm³/mol. The third-order valence-corrected chi connectivity index (χ3v) is 9.49. The van der Waals surface area contributed by atoms with E-state index in [0.29, 0.717) is 0 Å². The summed E-state index contributed by atoms with van der Waals surface area (Å²) in [7, 11) is 0. The number of para-hydroxylation sites is 4. The largest absolute Gasteiger partial charge is 0.455 e. The molecule has 40 heavy (non-hydrogen) atoms. The van der Waals surface area contributed by atoms with E-state index in [4.69, 9.17) is 4.42 Å². The molecule has 3 aromatic heterocycles. The summed E-state index contributed by atoms with van der Waals surface area (Å²) in [6.07, 6.45) is 0. The molecule has 2 aliphatic heterocycles. The van der Waals surface area contributed by atoms with Crippen molar-refractivity contribution in [1.29, 1.82) is 0 Å². The fraction of sp³-hybridized carbons (Fsp3) is 0. The van der Waals surface area contributed by atoms with E-state index in [9.17, 15) is 0 Å². The fourth-order valence-electron chi connectivity index (χ4n) is 8.03. The minimum absolute atomic E-state index is 0.0726. The van der Waals surface area contributed by atoms with Crippen molar-refractivity contribution in [2.75, 3.05) is 0 Å². The molecule has 0 radical (unpaired) electrons. The van der Waals surface area contributed by atoms with Crippen molar-refractivity contribution >= 4 is 83.3 Å². The molecule has 0 bridgehead atoms. The van der Waals surface area contributed by atoms with Gasteiger partial charge in [0.2, 0.25) is 0 Å². The van der Waals surface area contributed by atoms with Crippen LogP contribution in [0.1, 0.15) is 0 Å². The van der Waals surface area contributed by atoms with Crippen LogP contribution in [0.3, 0.4) is 0 Å². The van der Waals surface area contributed by atoms with E-state index >= 15 is 0 Å². The highest BCUT2D eigenvalue weighted by Gasteiger charge is 2.41. The Morgan fingerprint density at radius 3 is 2.23 bits per heavy atom. The van der Waals surface area contributed by atoms with Crippen LogP contribution >= 0.6 is 0 Å². The predicted octanol–water partition coefficient (Wildman–Crippen LogP) is 7.74. The van der Waals surface area contributed by atoms with Gasteiger partial charge in [-0.05, 0) is 46.8 Å². The number of furan rings is 1. The van der Waals surface area contributed by atoms with Crippen LogP contribution in [-0.2, 0) is 0 Å². The van der Waals surface area contributed by atoms with Crippen LogP contribution in [0.25, 0.3) is 82.4 Å². The van der Waals surface area contributed by atoms with Crippen LogP contribution in [0.2, 0.25) is 0 Å². The molecule has 0 fully saturated rings. The summed E-state index contributed by atoms with van der Waals surface area (Å²) < 4.78 is 11.8. The molecule has 0 atom stereocenters. The Morgan fingerprint density at radius 1 is 0.550 bits per heavy atom. The fourth-order valence-corrected chi connectivity index (χ4v) is 8.03. The second-order valence-electron chi connectivity index (χ2n) is 11.2. The number of nitrogens with zero attached hydrogens (tertiary/aromatic N) is 2. The Morgan fingerprint density at radius 2 is 1.30 bits per heavy atom. The number of rotatable bonds is 0. The Kier molecular flexibility index (Phi) is 3.21. The molecule has 6 aromatic carbocycles. The third kappa shape index (κ3) is 2.03. The lowest BCUT2D eigenvalue weighted by atomic mass is 9.45. The summed E-state index contributed by atoms with van der Waals surface area (Å²) in [5.41, 5.74) is 13.6. The summed E-state index contributed by atoms with van der Waals surface area (Å²) in [4.78, 5) is 0. The van der Waals surface area contributed by atoms with Gasteiger partial charge in [-0.1, -0.05) is 84.9 Å². The van der Waals surface area contributed by atoms with E-state index in [0.717, 1.165) is 11.2 Å². The van der Waals surface area contributed by atoms with Crippen molar-refractivity contribution in [3.63, 3.8) is 0 Å². The van der Waals surface area contributed by atoms with Crippen LogP contribution in [0.4, 0.5) is 0 Å². The summed E-state index contributed by atoms with van der Waals surface area (Å²) >= 11 is 0. The van der Waals surface area contributed by atoms with E-state index in [-0.39, 0.29) is 6.85 Å². The normalized spacial score (nSPS) is 13.4. The van der Waals surface area contributed by atoms with Gasteiger partial charge in [0.05, 0.1) is 16.4 Å². The van der Waals surface area contributed by atoms with E-state index < -0.39 is 0 Å². The molecule has 11 rings (SSSR count). The summed E-state index contributed by atoms with van der Waals surface area (Å²) in [6, 6.07) is 42.3. The highest BCUT2D eigenvalue weighted by molar-refractivity contribution is 6.90. The first kappa shape index (κ1) is 19.8. The van der Waals surface area contributed by atoms with Gasteiger partial charge < -0.3 is 13.5 Å². The zero-order valence-electron chi connectivity index (χ0n) is 21.3. The monoisotopic (exact) mass is 506 g/mol. The van der Waals surface area contributed by atoms with E-state index in [1.165, 1.54) is 82.1 Å². The molecule has 0 amide bonds. The summed E-state index contributed by atoms with van der Waals surface area (Å²) in [5, 5.41) is 7.44. The summed E-state index contributed by atoms with van der Waals surface area (Å²) in [5.74, 6) is 0. The molecule has 5 heterocycles. The van der Waals surface area contributed by atoms with Crippen molar-refractivity contribution in [2.24, 2.45) is 0 Å². The molecule has 0 spiro atoms. The van der Waals surface area contributed by atoms with Gasteiger partial charge in [-0.3, -0.25) is 0 Å². The van der Waals surface area contributed by atoms with Crippen molar-refractivity contribution in [3.8, 4) is 16.8 Å². The average Bonchev–Trinajstić information content (AvgIpc) is 3.67. The highest BCUT2D eigenvalue weighted by Crippen LogP contribution is 2.47. The van der Waals surface area contributed by atoms with Gasteiger partial charge in [0.1, 0.15) is 11.2 Å². The molecule has 182 valence electrons. The molecule has 0 saturated heterocycles. The first-order valence-corrected chi connectivity index (χ1v) is 13.9. The quantitative estimate of drug-likeness (QED) is 0.193. The molecule has 0 aliphatic carbocycles. The minimum Gasteiger partial charge on any atom is -0.455 e. The van der Waals surface area contributed by atoms with Crippen LogP contribution in [0.5, 0.6) is 0 Å². The first-order valence-electron chi connectivity index (χ1n) is 13.9. The van der Waals surface area contributed by atoms with Gasteiger partial charge in [0.25, 0.3) is 0 Å². The molecule has 2 aliphatic rings. The Labute approximate surface area is 228 Å². The second kappa shape index (κ2) is 6.49. The van der Waals surface area contributed by atoms with Gasteiger partial charge in [0.15, 0.2) is 0 Å². The lowest BCUT2D eigenvalue weighted by molar-refractivity contribution is 0.673. The Bertz CT molecular complexity index is 2610. The van der Waals surface area contributed by atoms with Crippen molar-refractivity contribution in [3.05, 3.63) is 115 Å². The number of aromatic nitrogens is 2. The highest BCUT2D eigenvalue weighted by atomic mass is 16.3. The van der Waals surface area contributed by atoms with Gasteiger partial charge in [-0.2, -0.15) is 0 Å². The molecule has 0 saturated carbocycles. The molecule has 4 heteroatoms. The minimum atomic E-state index is 0.0726. The van der Waals surface area contributed by atoms with Crippen molar-refractivity contribution in [1.82, 2.24) is 9.05 Å². The molecule has 3 nitrogen and oxygen atoms in total. The Hall–Kier alpha value is -5.22. The standard InChI is InChI=1S/C36H19BN2O/c1-5-13-28-20(9-1)23-18-17-22-25-19-26-21-10-3-8-16-31(21)40-36(26)32-24-11-2-6-14-29(24)39(34(25)32)37-27-12-4-7-15-30(27)38(28)35(23)33(22)37/h1-19H. The van der Waals surface area contributed by atoms with Crippen LogP contribution in [-0.4, -0.2) is 15.9 Å². The van der Waals surface area contributed by atoms with Crippen molar-refractivity contribution in [2.45, 2.75) is 0 Å². The van der Waals surface area contributed by atoms with Gasteiger partial charge >= 0.3 is 6.85 Å². The first-order chi connectivity index (χ1) is 19.9. The van der Waals surface area contributed by atoms with Gasteiger partial charge in [-0.25, -0.2) is 0 Å². The SMILES string of the molecule is c1ccc2c(c1)B1c3c(ccc4c5ccccc5n-2c34)-c2cc3c4ccccc4oc3c3c4ccccc4n1c23. The molecular weight excluding hydrogens is 487 g/mol. The number of hydrogen-bond acceptors (Lipinski definition) is 1. The lowest BCUT2D eigenvalue weighted by Crippen LogP contribution is -2.55. The van der Waals surface area contributed by atoms with Crippen LogP contribution < -0.4 is 10.9 Å². The van der Waals surface area contributed by atoms with Crippen molar-refractivity contribution < 1.29 is 4.42 Å². The van der Waals surface area contributed by atoms with E-state index in [1.807, 2.05) is 0 Å². The van der Waals surface area contributed by atoms with Gasteiger partial charge in [0, 0.05) is 49.2 Å². The number of hydrogen-bond donors (Lipinski definition) is 0. The second-order valence-corrected chi connectivity index (χ2v) is 11.2. The van der Waals surface area contributed by atoms with E-state index in [1.54, 1.807) is 0 Å². The molecule has 0 unspecified atom stereocenters. The summed E-state index contributed by atoms with van der Waals surface area (Å²) in [6.45, 7) is 0.0726. The zero-order chi connectivity index (χ0) is 25.7. The smallest absolute Gasteiger partial charge is 0.333 e. The van der Waals surface area contributed by atoms with E-state index in [2.05, 4.69) is 124 Å². The maximum Gasteiger partial charge on any atom is 0.333 e. The van der Waals surface area contributed by atoms with Crippen LogP contribution in [0, 0.1) is 0 Å².